The highest BCUT2D eigenvalue weighted by Gasteiger charge is 2.30. The first-order chi connectivity index (χ1) is 19.2. The minimum atomic E-state index is -4.49. The molecule has 2 heterocycles. The van der Waals surface area contributed by atoms with Crippen molar-refractivity contribution in [3.8, 4) is 22.8 Å². The van der Waals surface area contributed by atoms with Gasteiger partial charge >= 0.3 is 6.18 Å². The van der Waals surface area contributed by atoms with Crippen molar-refractivity contribution in [1.82, 2.24) is 25.2 Å². The molecule has 0 atom stereocenters. The maximum Gasteiger partial charge on any atom is 0.416 e. The first-order valence-electron chi connectivity index (χ1n) is 12.3. The first kappa shape index (κ1) is 31.7. The molecule has 0 aliphatic rings. The maximum atomic E-state index is 12.9. The van der Waals surface area contributed by atoms with Gasteiger partial charge in [0.1, 0.15) is 6.61 Å². The van der Waals surface area contributed by atoms with Gasteiger partial charge in [-0.3, -0.25) is 9.67 Å². The number of ether oxygens (including phenoxy) is 1. The number of aryl methyl sites for hydroxylation is 1. The Labute approximate surface area is 231 Å². The Morgan fingerprint density at radius 2 is 1.98 bits per heavy atom. The molecule has 13 heteroatoms. The second-order valence-electron chi connectivity index (χ2n) is 7.84. The van der Waals surface area contributed by atoms with Crippen molar-refractivity contribution in [2.75, 3.05) is 14.1 Å². The molecule has 0 radical (unpaired) electrons. The standard InChI is InChI=1S/C25H27F3N8O2.C2H6/c1-6-19(25(26,27)28)11-10-16(2)37-15-21-20(14-32-36(21)5)23-33-22(35-38-23)18-9-7-8-17(12-18)13-31-24(29-3)34-30-4;1-2/h6-12,14H,1,13,15H2,2-5H3,(H,29,31);1-2H3/b16-10+,19-11+,34-30?;. The van der Waals surface area contributed by atoms with Crippen LogP contribution < -0.4 is 5.32 Å². The Kier molecular flexibility index (Phi) is 12.0. The maximum absolute atomic E-state index is 12.9. The highest BCUT2D eigenvalue weighted by molar-refractivity contribution is 5.80. The van der Waals surface area contributed by atoms with Gasteiger partial charge in [0.15, 0.2) is 0 Å². The van der Waals surface area contributed by atoms with Crippen LogP contribution in [0.4, 0.5) is 13.2 Å². The van der Waals surface area contributed by atoms with Crippen LogP contribution in [0.2, 0.25) is 0 Å². The second-order valence-corrected chi connectivity index (χ2v) is 7.84. The van der Waals surface area contributed by atoms with Crippen LogP contribution in [0.1, 0.15) is 32.0 Å². The average Bonchev–Trinajstić information content (AvgIpc) is 3.57. The molecule has 0 saturated carbocycles. The third-order valence-corrected chi connectivity index (χ3v) is 5.24. The van der Waals surface area contributed by atoms with E-state index in [4.69, 9.17) is 9.26 Å². The molecule has 0 unspecified atom stereocenters. The number of hydrogen-bond acceptors (Lipinski definition) is 7. The number of aromatic nitrogens is 4. The summed E-state index contributed by atoms with van der Waals surface area (Å²) in [6.45, 7) is 9.23. The molecule has 0 aliphatic heterocycles. The number of nitrogens with zero attached hydrogens (tertiary/aromatic N) is 7. The zero-order valence-corrected chi connectivity index (χ0v) is 23.3. The van der Waals surface area contributed by atoms with Crippen molar-refractivity contribution in [2.45, 2.75) is 40.1 Å². The number of rotatable bonds is 9. The molecule has 3 aromatic rings. The number of allylic oxidation sites excluding steroid dienone is 5. The van der Waals surface area contributed by atoms with E-state index >= 15 is 0 Å². The van der Waals surface area contributed by atoms with Gasteiger partial charge in [0.05, 0.1) is 28.8 Å². The first-order valence-corrected chi connectivity index (χ1v) is 12.3. The summed E-state index contributed by atoms with van der Waals surface area (Å²) in [6, 6.07) is 7.57. The predicted molar refractivity (Wildman–Crippen MR) is 147 cm³/mol. The van der Waals surface area contributed by atoms with Gasteiger partial charge in [0.2, 0.25) is 11.8 Å². The third kappa shape index (κ3) is 8.75. The van der Waals surface area contributed by atoms with E-state index in [0.29, 0.717) is 29.6 Å². The lowest BCUT2D eigenvalue weighted by Gasteiger charge is -2.09. The summed E-state index contributed by atoms with van der Waals surface area (Å²) in [5.41, 5.74) is 1.96. The minimum absolute atomic E-state index is 0.0206. The number of guanidine groups is 1. The van der Waals surface area contributed by atoms with E-state index in [1.165, 1.54) is 6.08 Å². The predicted octanol–water partition coefficient (Wildman–Crippen LogP) is 6.42. The zero-order valence-electron chi connectivity index (χ0n) is 23.3. The average molecular weight is 559 g/mol. The minimum Gasteiger partial charge on any atom is -0.492 e. The van der Waals surface area contributed by atoms with E-state index < -0.39 is 11.7 Å². The van der Waals surface area contributed by atoms with Crippen LogP contribution in [0.25, 0.3) is 22.8 Å². The van der Waals surface area contributed by atoms with Crippen LogP contribution in [0.5, 0.6) is 0 Å². The molecule has 10 nitrogen and oxygen atoms in total. The molecular weight excluding hydrogens is 525 g/mol. The van der Waals surface area contributed by atoms with Crippen molar-refractivity contribution < 1.29 is 22.4 Å². The molecule has 1 aromatic carbocycles. The number of aliphatic imine (C=N–C) groups is 1. The molecule has 3 rings (SSSR count). The number of hydrogen-bond donors (Lipinski definition) is 1. The van der Waals surface area contributed by atoms with E-state index in [0.717, 1.165) is 23.3 Å². The van der Waals surface area contributed by atoms with E-state index in [9.17, 15) is 13.2 Å². The van der Waals surface area contributed by atoms with E-state index in [1.54, 1.807) is 38.9 Å². The lowest BCUT2D eigenvalue weighted by Crippen LogP contribution is -2.20. The fourth-order valence-corrected chi connectivity index (χ4v) is 3.23. The molecule has 40 heavy (non-hydrogen) atoms. The van der Waals surface area contributed by atoms with Crippen LogP contribution in [0.3, 0.4) is 0 Å². The molecule has 214 valence electrons. The van der Waals surface area contributed by atoms with Crippen molar-refractivity contribution in [1.29, 1.82) is 0 Å². The summed E-state index contributed by atoms with van der Waals surface area (Å²) in [5, 5.41) is 19.0. The number of halogens is 3. The summed E-state index contributed by atoms with van der Waals surface area (Å²) in [4.78, 5) is 8.52. The van der Waals surface area contributed by atoms with Gasteiger partial charge in [0, 0.05) is 33.3 Å². The summed E-state index contributed by atoms with van der Waals surface area (Å²) < 4.78 is 51.3. The Balaban J connectivity index is 0.00000274. The Morgan fingerprint density at radius 1 is 1.23 bits per heavy atom. The van der Waals surface area contributed by atoms with Gasteiger partial charge in [0.25, 0.3) is 5.89 Å². The second kappa shape index (κ2) is 15.1. The Hall–Kier alpha value is -4.55. The lowest BCUT2D eigenvalue weighted by molar-refractivity contribution is -0.0881. The largest absolute Gasteiger partial charge is 0.492 e. The topological polar surface area (TPSA) is 115 Å². The van der Waals surface area contributed by atoms with E-state index in [2.05, 4.69) is 42.4 Å². The van der Waals surface area contributed by atoms with Crippen molar-refractivity contribution >= 4 is 5.96 Å². The van der Waals surface area contributed by atoms with Crippen LogP contribution in [0.15, 0.2) is 86.3 Å². The highest BCUT2D eigenvalue weighted by Crippen LogP contribution is 2.28. The molecule has 0 amide bonds. The van der Waals surface area contributed by atoms with E-state index in [-0.39, 0.29) is 18.3 Å². The van der Waals surface area contributed by atoms with Crippen LogP contribution in [-0.4, -0.2) is 46.2 Å². The number of nitrogens with one attached hydrogen (secondary N) is 1. The smallest absolute Gasteiger partial charge is 0.416 e. The van der Waals surface area contributed by atoms with Gasteiger partial charge in [-0.05, 0) is 30.7 Å². The molecule has 0 fully saturated rings. The van der Waals surface area contributed by atoms with Crippen LogP contribution >= 0.6 is 0 Å². The molecular formula is C27H33F3N8O2. The lowest BCUT2D eigenvalue weighted by atomic mass is 10.1. The quantitative estimate of drug-likeness (QED) is 0.107. The van der Waals surface area contributed by atoms with Crippen molar-refractivity contribution in [3.05, 3.63) is 77.9 Å². The molecule has 0 saturated heterocycles. The van der Waals surface area contributed by atoms with Crippen molar-refractivity contribution in [2.24, 2.45) is 22.3 Å². The molecule has 0 bridgehead atoms. The highest BCUT2D eigenvalue weighted by atomic mass is 19.4. The molecule has 2 aromatic heterocycles. The normalized spacial score (nSPS) is 12.8. The number of benzene rings is 1. The number of azo groups is 1. The van der Waals surface area contributed by atoms with Gasteiger partial charge in [-0.1, -0.05) is 49.9 Å². The Bertz CT molecular complexity index is 1380. The Morgan fingerprint density at radius 3 is 2.62 bits per heavy atom. The number of alkyl halides is 3. The van der Waals surface area contributed by atoms with Gasteiger partial charge in [-0.2, -0.15) is 28.4 Å². The van der Waals surface area contributed by atoms with Crippen LogP contribution in [0, 0.1) is 0 Å². The van der Waals surface area contributed by atoms with E-state index in [1.807, 2.05) is 38.1 Å². The van der Waals surface area contributed by atoms with Gasteiger partial charge in [-0.15, -0.1) is 5.11 Å². The SMILES string of the molecule is C=C/C(=C\C=C(/C)OCc1c(-c2nc(-c3cccc(CNC(N=NC)=NC)c3)no2)cnn1C)C(F)(F)F.CC. The third-order valence-electron chi connectivity index (χ3n) is 5.24. The zero-order chi connectivity index (χ0) is 29.7. The summed E-state index contributed by atoms with van der Waals surface area (Å²) in [6.07, 6.45) is -0.0504. The molecule has 0 aliphatic carbocycles. The van der Waals surface area contributed by atoms with Crippen molar-refractivity contribution in [3.63, 3.8) is 0 Å². The fourth-order valence-electron chi connectivity index (χ4n) is 3.23. The summed E-state index contributed by atoms with van der Waals surface area (Å²) in [7, 11) is 4.89. The van der Waals surface area contributed by atoms with Gasteiger partial charge in [-0.25, -0.2) is 0 Å². The fraction of sp³-hybridized carbons (Fsp3) is 0.333. The van der Waals surface area contributed by atoms with Gasteiger partial charge < -0.3 is 14.6 Å². The summed E-state index contributed by atoms with van der Waals surface area (Å²) >= 11 is 0. The summed E-state index contributed by atoms with van der Waals surface area (Å²) in [5.74, 6) is 1.29. The molecule has 0 spiro atoms. The molecule has 1 N–H and O–H groups in total. The monoisotopic (exact) mass is 558 g/mol. The van der Waals surface area contributed by atoms with Crippen LogP contribution in [-0.2, 0) is 24.9 Å².